The van der Waals surface area contributed by atoms with E-state index < -0.39 is 0 Å². The second-order valence-corrected chi connectivity index (χ2v) is 3.81. The standard InChI is InChI=1S/C11H19F/c1-2-3-4-5-6-10-7-8-11(12)9-10/h8,10H,2-7,9H2,1H3/i8+1. The summed E-state index contributed by atoms with van der Waals surface area (Å²) in [6.07, 6.45) is 9.92. The second-order valence-electron chi connectivity index (χ2n) is 3.81. The molecule has 0 spiro atoms. The highest BCUT2D eigenvalue weighted by atomic mass is 19.1. The number of hydrogen-bond acceptors (Lipinski definition) is 0. The van der Waals surface area contributed by atoms with Crippen molar-refractivity contribution in [2.24, 2.45) is 5.92 Å². The summed E-state index contributed by atoms with van der Waals surface area (Å²) < 4.78 is 12.6. The summed E-state index contributed by atoms with van der Waals surface area (Å²) >= 11 is 0. The van der Waals surface area contributed by atoms with Crippen molar-refractivity contribution in [2.75, 3.05) is 0 Å². The van der Waals surface area contributed by atoms with Gasteiger partial charge in [0, 0.05) is 6.42 Å². The maximum Gasteiger partial charge on any atom is 0.0962 e. The van der Waals surface area contributed by atoms with Gasteiger partial charge in [-0.25, -0.2) is 4.39 Å². The number of unbranched alkanes of at least 4 members (excludes halogenated alkanes) is 3. The molecule has 0 fully saturated rings. The molecular formula is C11H19F. The number of allylic oxidation sites excluding steroid dienone is 2. The summed E-state index contributed by atoms with van der Waals surface area (Å²) in [4.78, 5) is 0. The van der Waals surface area contributed by atoms with Crippen molar-refractivity contribution in [3.63, 3.8) is 0 Å². The molecule has 0 heterocycles. The minimum Gasteiger partial charge on any atom is -0.212 e. The summed E-state index contributed by atoms with van der Waals surface area (Å²) in [5.74, 6) is 0.748. The lowest BCUT2D eigenvalue weighted by atomic mass is 9.99. The van der Waals surface area contributed by atoms with Gasteiger partial charge in [0.2, 0.25) is 0 Å². The van der Waals surface area contributed by atoms with Crippen LogP contribution in [0.3, 0.4) is 0 Å². The Morgan fingerprint density at radius 3 is 2.83 bits per heavy atom. The molecule has 0 radical (unpaired) electrons. The van der Waals surface area contributed by atoms with Crippen LogP contribution in [0.25, 0.3) is 0 Å². The topological polar surface area (TPSA) is 0 Å². The van der Waals surface area contributed by atoms with E-state index in [4.69, 9.17) is 0 Å². The molecule has 0 aliphatic heterocycles. The minimum absolute atomic E-state index is 0.121. The average molecular weight is 171 g/mol. The molecule has 1 heteroatoms. The fourth-order valence-electron chi connectivity index (χ4n) is 1.82. The number of hydrogen-bond donors (Lipinski definition) is 0. The molecule has 0 aromatic rings. The molecule has 1 rings (SSSR count). The Hall–Kier alpha value is -0.330. The first-order valence-electron chi connectivity index (χ1n) is 5.17. The molecule has 1 aliphatic carbocycles. The van der Waals surface area contributed by atoms with E-state index in [1.807, 2.05) is 0 Å². The number of rotatable bonds is 5. The Kier molecular flexibility index (Phi) is 4.34. The maximum atomic E-state index is 12.6. The van der Waals surface area contributed by atoms with Crippen LogP contribution in [-0.2, 0) is 0 Å². The fourth-order valence-corrected chi connectivity index (χ4v) is 1.82. The van der Waals surface area contributed by atoms with Crippen LogP contribution in [0.5, 0.6) is 0 Å². The van der Waals surface area contributed by atoms with Crippen LogP contribution in [0, 0.1) is 5.92 Å². The van der Waals surface area contributed by atoms with Crippen LogP contribution >= 0.6 is 0 Å². The van der Waals surface area contributed by atoms with Gasteiger partial charge in [0.05, 0.1) is 5.83 Å². The summed E-state index contributed by atoms with van der Waals surface area (Å²) in [7, 11) is 0. The third kappa shape index (κ3) is 3.38. The van der Waals surface area contributed by atoms with Gasteiger partial charge >= 0.3 is 0 Å². The largest absolute Gasteiger partial charge is 0.212 e. The monoisotopic (exact) mass is 171 g/mol. The van der Waals surface area contributed by atoms with Gasteiger partial charge in [-0.15, -0.1) is 0 Å². The molecule has 0 aromatic carbocycles. The lowest BCUT2D eigenvalue weighted by molar-refractivity contribution is 0.450. The summed E-state index contributed by atoms with van der Waals surface area (Å²) in [6.45, 7) is 2.22. The van der Waals surface area contributed by atoms with Crippen LogP contribution in [0.1, 0.15) is 51.9 Å². The molecular weight excluding hydrogens is 152 g/mol. The van der Waals surface area contributed by atoms with E-state index in [-0.39, 0.29) is 5.83 Å². The Balaban J connectivity index is 1.95. The molecule has 0 amide bonds. The van der Waals surface area contributed by atoms with Crippen molar-refractivity contribution in [3.8, 4) is 0 Å². The van der Waals surface area contributed by atoms with Gasteiger partial charge in [-0.3, -0.25) is 0 Å². The predicted molar refractivity (Wildman–Crippen MR) is 50.7 cm³/mol. The van der Waals surface area contributed by atoms with Gasteiger partial charge in [0.25, 0.3) is 0 Å². The maximum absolute atomic E-state index is 12.6. The van der Waals surface area contributed by atoms with Crippen molar-refractivity contribution in [3.05, 3.63) is 11.9 Å². The molecule has 12 heavy (non-hydrogen) atoms. The predicted octanol–water partition coefficient (Wildman–Crippen LogP) is 4.22. The molecule has 0 nitrogen and oxygen atoms in total. The zero-order chi connectivity index (χ0) is 8.81. The smallest absolute Gasteiger partial charge is 0.0962 e. The molecule has 0 saturated heterocycles. The van der Waals surface area contributed by atoms with Crippen LogP contribution in [0.15, 0.2) is 11.9 Å². The summed E-state index contributed by atoms with van der Waals surface area (Å²) in [6, 6.07) is 0. The quantitative estimate of drug-likeness (QED) is 0.429. The summed E-state index contributed by atoms with van der Waals surface area (Å²) in [5.41, 5.74) is 0. The molecule has 1 aliphatic rings. The van der Waals surface area contributed by atoms with E-state index in [1.165, 1.54) is 32.1 Å². The molecule has 1 unspecified atom stereocenters. The zero-order valence-corrected chi connectivity index (χ0v) is 7.98. The SMILES string of the molecule is CCCCCCC1C[13CH]=C(F)C1. The zero-order valence-electron chi connectivity index (χ0n) is 7.98. The third-order valence-electron chi connectivity index (χ3n) is 2.62. The van der Waals surface area contributed by atoms with Crippen molar-refractivity contribution >= 4 is 0 Å². The van der Waals surface area contributed by atoms with Gasteiger partial charge in [0.1, 0.15) is 0 Å². The normalized spacial score (nSPS) is 22.8. The Labute approximate surface area is 74.9 Å². The first-order chi connectivity index (χ1) is 5.83. The van der Waals surface area contributed by atoms with E-state index in [0.29, 0.717) is 12.3 Å². The van der Waals surface area contributed by atoms with Gasteiger partial charge in [-0.05, 0) is 18.8 Å². The van der Waals surface area contributed by atoms with E-state index in [1.54, 1.807) is 6.08 Å². The molecule has 1 atom stereocenters. The molecule has 0 aromatic heterocycles. The van der Waals surface area contributed by atoms with Gasteiger partial charge in [-0.2, -0.15) is 0 Å². The van der Waals surface area contributed by atoms with E-state index in [2.05, 4.69) is 6.92 Å². The molecule has 0 saturated carbocycles. The highest BCUT2D eigenvalue weighted by molar-refractivity contribution is 5.01. The average Bonchev–Trinajstić information content (AvgIpc) is 2.45. The van der Waals surface area contributed by atoms with Gasteiger partial charge < -0.3 is 0 Å². The van der Waals surface area contributed by atoms with Gasteiger partial charge in [-0.1, -0.05) is 38.7 Å². The van der Waals surface area contributed by atoms with Crippen LogP contribution in [-0.4, -0.2) is 0 Å². The Morgan fingerprint density at radius 2 is 2.25 bits per heavy atom. The van der Waals surface area contributed by atoms with E-state index >= 15 is 0 Å². The Morgan fingerprint density at radius 1 is 1.42 bits per heavy atom. The Bertz CT molecular complexity index is 149. The minimum atomic E-state index is 0.121. The van der Waals surface area contributed by atoms with Crippen molar-refractivity contribution < 1.29 is 4.39 Å². The van der Waals surface area contributed by atoms with Gasteiger partial charge in [0.15, 0.2) is 0 Å². The number of halogens is 1. The fraction of sp³-hybridized carbons (Fsp3) is 0.818. The highest BCUT2D eigenvalue weighted by Gasteiger charge is 2.15. The van der Waals surface area contributed by atoms with E-state index in [0.717, 1.165) is 6.42 Å². The third-order valence-corrected chi connectivity index (χ3v) is 2.62. The van der Waals surface area contributed by atoms with Crippen molar-refractivity contribution in [1.82, 2.24) is 0 Å². The van der Waals surface area contributed by atoms with Crippen molar-refractivity contribution in [1.29, 1.82) is 0 Å². The van der Waals surface area contributed by atoms with Crippen molar-refractivity contribution in [2.45, 2.75) is 51.9 Å². The van der Waals surface area contributed by atoms with Crippen LogP contribution < -0.4 is 0 Å². The first-order valence-corrected chi connectivity index (χ1v) is 5.17. The molecule has 0 bridgehead atoms. The van der Waals surface area contributed by atoms with Crippen LogP contribution in [0.2, 0.25) is 0 Å². The highest BCUT2D eigenvalue weighted by Crippen LogP contribution is 2.29. The molecule has 70 valence electrons. The molecule has 0 N–H and O–H groups in total. The second kappa shape index (κ2) is 5.34. The van der Waals surface area contributed by atoms with E-state index in [9.17, 15) is 4.39 Å². The van der Waals surface area contributed by atoms with Crippen LogP contribution in [0.4, 0.5) is 4.39 Å². The summed E-state index contributed by atoms with van der Waals surface area (Å²) in [5, 5.41) is 0. The lowest BCUT2D eigenvalue weighted by Crippen LogP contribution is -1.93. The first kappa shape index (κ1) is 9.76. The lowest BCUT2D eigenvalue weighted by Gasteiger charge is -2.07.